The van der Waals surface area contributed by atoms with Crippen molar-refractivity contribution >= 4 is 11.9 Å². The van der Waals surface area contributed by atoms with Crippen molar-refractivity contribution in [2.24, 2.45) is 0 Å². The van der Waals surface area contributed by atoms with Crippen LogP contribution in [-0.4, -0.2) is 63.2 Å². The van der Waals surface area contributed by atoms with Gasteiger partial charge in [-0.1, -0.05) is 0 Å². The van der Waals surface area contributed by atoms with Crippen molar-refractivity contribution in [3.8, 4) is 0 Å². The van der Waals surface area contributed by atoms with Crippen molar-refractivity contribution < 1.29 is 29.6 Å². The van der Waals surface area contributed by atoms with Crippen LogP contribution in [0.2, 0.25) is 0 Å². The van der Waals surface area contributed by atoms with Crippen molar-refractivity contribution in [2.45, 2.75) is 44.7 Å². The molecule has 0 aromatic heterocycles. The zero-order valence-electron chi connectivity index (χ0n) is 10.5. The Morgan fingerprint density at radius 2 is 1.94 bits per heavy atom. The van der Waals surface area contributed by atoms with E-state index in [2.05, 4.69) is 0 Å². The minimum Gasteiger partial charge on any atom is -0.477 e. The molecule has 1 saturated heterocycles. The smallest absolute Gasteiger partial charge is 0.364 e. The molecule has 0 radical (unpaired) electrons. The van der Waals surface area contributed by atoms with Gasteiger partial charge in [-0.05, 0) is 13.8 Å². The van der Waals surface area contributed by atoms with Crippen molar-refractivity contribution in [3.05, 3.63) is 0 Å². The highest BCUT2D eigenvalue weighted by molar-refractivity contribution is 5.82. The monoisotopic (exact) mass is 261 g/mol. The summed E-state index contributed by atoms with van der Waals surface area (Å²) in [5.41, 5.74) is 0. The maximum atomic E-state index is 12.0. The van der Waals surface area contributed by atoms with E-state index in [9.17, 15) is 19.8 Å². The molecule has 0 aromatic rings. The number of aliphatic hydroxyl groups excluding tert-OH is 1. The average Bonchev–Trinajstić information content (AvgIpc) is 2.29. The zero-order valence-corrected chi connectivity index (χ0v) is 10.5. The first-order chi connectivity index (χ1) is 8.34. The zero-order chi connectivity index (χ0) is 13.9. The summed E-state index contributed by atoms with van der Waals surface area (Å²) in [4.78, 5) is 24.4. The summed E-state index contributed by atoms with van der Waals surface area (Å²) in [6.07, 6.45) is -2.66. The van der Waals surface area contributed by atoms with Gasteiger partial charge in [-0.15, -0.1) is 0 Å². The summed E-state index contributed by atoms with van der Waals surface area (Å²) in [5, 5.41) is 28.1. The number of carbonyl (C=O) groups is 2. The number of nitrogens with zero attached hydrogens (tertiary/aromatic N) is 1. The van der Waals surface area contributed by atoms with Crippen molar-refractivity contribution in [3.63, 3.8) is 0 Å². The lowest BCUT2D eigenvalue weighted by Crippen LogP contribution is -2.55. The molecule has 3 atom stereocenters. The van der Waals surface area contributed by atoms with Crippen LogP contribution < -0.4 is 0 Å². The second kappa shape index (κ2) is 5.64. The normalized spacial score (nSPS) is 32.0. The third kappa shape index (κ3) is 2.98. The fourth-order valence-electron chi connectivity index (χ4n) is 2.01. The van der Waals surface area contributed by atoms with Gasteiger partial charge in [0, 0.05) is 25.9 Å². The van der Waals surface area contributed by atoms with Gasteiger partial charge in [-0.3, -0.25) is 4.79 Å². The molecule has 7 nitrogen and oxygen atoms in total. The molecule has 1 aliphatic heterocycles. The van der Waals surface area contributed by atoms with Gasteiger partial charge in [-0.25, -0.2) is 4.79 Å². The minimum atomic E-state index is -2.49. The first-order valence-electron chi connectivity index (χ1n) is 5.94. The molecule has 1 amide bonds. The summed E-state index contributed by atoms with van der Waals surface area (Å²) >= 11 is 0. The van der Waals surface area contributed by atoms with Crippen molar-refractivity contribution in [2.75, 3.05) is 13.1 Å². The standard InChI is InChI=1S/C11H19NO6/c1-3-12(4-2)9(14)8-5-7(13)6-11(17,18-8)10(15)16/h7-8,13,17H,3-6H2,1-2H3,(H,15,16)/t7-,8-,11?/m1/s1. The van der Waals surface area contributed by atoms with Crippen molar-refractivity contribution in [1.29, 1.82) is 0 Å². The lowest BCUT2D eigenvalue weighted by molar-refractivity contribution is -0.267. The molecule has 0 aliphatic carbocycles. The molecule has 7 heteroatoms. The average molecular weight is 261 g/mol. The number of likely N-dealkylation sites (N-methyl/N-ethyl adjacent to an activating group) is 1. The Morgan fingerprint density at radius 1 is 1.39 bits per heavy atom. The molecule has 18 heavy (non-hydrogen) atoms. The lowest BCUT2D eigenvalue weighted by atomic mass is 9.97. The molecule has 0 aromatic carbocycles. The molecule has 0 saturated carbocycles. The van der Waals surface area contributed by atoms with Gasteiger partial charge >= 0.3 is 5.97 Å². The van der Waals surface area contributed by atoms with Crippen molar-refractivity contribution in [1.82, 2.24) is 4.90 Å². The highest BCUT2D eigenvalue weighted by atomic mass is 16.7. The molecule has 104 valence electrons. The van der Waals surface area contributed by atoms with Crippen LogP contribution in [0.1, 0.15) is 26.7 Å². The minimum absolute atomic E-state index is 0.00900. The Morgan fingerprint density at radius 3 is 2.39 bits per heavy atom. The van der Waals surface area contributed by atoms with Gasteiger partial charge in [-0.2, -0.15) is 0 Å². The number of amides is 1. The quantitative estimate of drug-likeness (QED) is 0.609. The van der Waals surface area contributed by atoms with Crippen LogP contribution in [0.4, 0.5) is 0 Å². The fourth-order valence-corrected chi connectivity index (χ4v) is 2.01. The van der Waals surface area contributed by atoms with Gasteiger partial charge in [0.05, 0.1) is 6.10 Å². The number of hydrogen-bond donors (Lipinski definition) is 3. The van der Waals surface area contributed by atoms with E-state index >= 15 is 0 Å². The summed E-state index contributed by atoms with van der Waals surface area (Å²) in [7, 11) is 0. The molecule has 1 heterocycles. The molecular weight excluding hydrogens is 242 g/mol. The topological polar surface area (TPSA) is 107 Å². The number of hydrogen-bond acceptors (Lipinski definition) is 5. The van der Waals surface area contributed by atoms with Crippen LogP contribution in [0.15, 0.2) is 0 Å². The number of aliphatic hydroxyl groups is 2. The Labute approximate surface area is 105 Å². The SMILES string of the molecule is CCN(CC)C(=O)[C@H]1C[C@@H](O)CC(O)(C(=O)O)O1. The summed E-state index contributed by atoms with van der Waals surface area (Å²) in [5.74, 6) is -4.51. The van der Waals surface area contributed by atoms with Gasteiger partial charge < -0.3 is 25.0 Å². The second-order valence-corrected chi connectivity index (χ2v) is 4.30. The maximum absolute atomic E-state index is 12.0. The van der Waals surface area contributed by atoms with Crippen LogP contribution in [0.25, 0.3) is 0 Å². The Balaban J connectivity index is 2.84. The molecule has 1 aliphatic rings. The molecule has 0 spiro atoms. The van der Waals surface area contributed by atoms with Gasteiger partial charge in [0.2, 0.25) is 0 Å². The largest absolute Gasteiger partial charge is 0.477 e. The maximum Gasteiger partial charge on any atom is 0.364 e. The molecule has 0 bridgehead atoms. The number of carboxylic acid groups (broad SMARTS) is 1. The predicted octanol–water partition coefficient (Wildman–Crippen LogP) is -0.832. The van der Waals surface area contributed by atoms with Crippen LogP contribution in [0, 0.1) is 0 Å². The molecular formula is C11H19NO6. The van der Waals surface area contributed by atoms with E-state index < -0.39 is 36.3 Å². The van der Waals surface area contributed by atoms with E-state index in [1.54, 1.807) is 13.8 Å². The second-order valence-electron chi connectivity index (χ2n) is 4.30. The van der Waals surface area contributed by atoms with Gasteiger partial charge in [0.15, 0.2) is 0 Å². The Hall–Kier alpha value is -1.18. The van der Waals surface area contributed by atoms with Gasteiger partial charge in [0.25, 0.3) is 11.7 Å². The van der Waals surface area contributed by atoms with Gasteiger partial charge in [0.1, 0.15) is 6.10 Å². The summed E-state index contributed by atoms with van der Waals surface area (Å²) < 4.78 is 4.96. The van der Waals surface area contributed by atoms with Crippen LogP contribution in [0.3, 0.4) is 0 Å². The van der Waals surface area contributed by atoms with E-state index in [-0.39, 0.29) is 6.42 Å². The molecule has 1 rings (SSSR count). The number of ether oxygens (including phenoxy) is 1. The Bertz CT molecular complexity index is 329. The van der Waals surface area contributed by atoms with E-state index in [4.69, 9.17) is 9.84 Å². The summed E-state index contributed by atoms with van der Waals surface area (Å²) in [6, 6.07) is 0. The lowest BCUT2D eigenvalue weighted by Gasteiger charge is -2.37. The van der Waals surface area contributed by atoms with Crippen LogP contribution >= 0.6 is 0 Å². The highest BCUT2D eigenvalue weighted by Crippen LogP contribution is 2.28. The summed E-state index contributed by atoms with van der Waals surface area (Å²) in [6.45, 7) is 4.47. The third-order valence-electron chi connectivity index (χ3n) is 3.02. The molecule has 1 unspecified atom stereocenters. The van der Waals surface area contributed by atoms with E-state index in [0.29, 0.717) is 13.1 Å². The van der Waals surface area contributed by atoms with E-state index in [1.807, 2.05) is 0 Å². The number of aliphatic carboxylic acids is 1. The highest BCUT2D eigenvalue weighted by Gasteiger charge is 2.48. The third-order valence-corrected chi connectivity index (χ3v) is 3.02. The number of rotatable bonds is 4. The fraction of sp³-hybridized carbons (Fsp3) is 0.818. The first-order valence-corrected chi connectivity index (χ1v) is 5.94. The number of carboxylic acids is 1. The van der Waals surface area contributed by atoms with Crippen LogP contribution in [-0.2, 0) is 14.3 Å². The predicted molar refractivity (Wildman–Crippen MR) is 60.6 cm³/mol. The first kappa shape index (κ1) is 14.9. The van der Waals surface area contributed by atoms with Crippen LogP contribution in [0.5, 0.6) is 0 Å². The molecule has 3 N–H and O–H groups in total. The van der Waals surface area contributed by atoms with E-state index in [1.165, 1.54) is 4.90 Å². The molecule has 1 fully saturated rings. The van der Waals surface area contributed by atoms with E-state index in [0.717, 1.165) is 0 Å². The number of carbonyl (C=O) groups excluding carboxylic acids is 1. The Kier molecular flexibility index (Phi) is 4.66.